The van der Waals surface area contributed by atoms with E-state index in [0.717, 1.165) is 11.4 Å². The fourth-order valence-electron chi connectivity index (χ4n) is 2.08. The maximum Gasteiger partial charge on any atom is 0.178 e. The van der Waals surface area contributed by atoms with Crippen LogP contribution in [0.5, 0.6) is 0 Å². The summed E-state index contributed by atoms with van der Waals surface area (Å²) in [5.41, 5.74) is 2.66. The largest absolute Gasteiger partial charge is 0.351 e. The molecule has 92 valence electrons. The van der Waals surface area contributed by atoms with Gasteiger partial charge < -0.3 is 10.2 Å². The van der Waals surface area contributed by atoms with Crippen LogP contribution in [-0.2, 0) is 6.54 Å². The van der Waals surface area contributed by atoms with Gasteiger partial charge in [-0.3, -0.25) is 0 Å². The Balaban J connectivity index is 1.95. The van der Waals surface area contributed by atoms with Crippen LogP contribution in [0.4, 0.5) is 11.4 Å². The molecule has 3 nitrogen and oxygen atoms in total. The summed E-state index contributed by atoms with van der Waals surface area (Å²) in [6.07, 6.45) is 1.67. The minimum Gasteiger partial charge on any atom is -0.351 e. The Morgan fingerprint density at radius 2 is 2.00 bits per heavy atom. The van der Waals surface area contributed by atoms with Crippen molar-refractivity contribution in [1.29, 1.82) is 0 Å². The van der Waals surface area contributed by atoms with E-state index in [2.05, 4.69) is 22.4 Å². The molecule has 0 bridgehead atoms. The average Bonchev–Trinajstić information content (AvgIpc) is 2.69. The van der Waals surface area contributed by atoms with Crippen molar-refractivity contribution < 1.29 is 0 Å². The first-order chi connectivity index (χ1) is 8.75. The quantitative estimate of drug-likeness (QED) is 0.516. The molecule has 0 saturated carbocycles. The Kier molecular flexibility index (Phi) is 3.02. The Morgan fingerprint density at radius 3 is 2.78 bits per heavy atom. The number of hydrogen-bond acceptors (Lipinski definition) is 3. The van der Waals surface area contributed by atoms with Crippen LogP contribution in [0.15, 0.2) is 42.6 Å². The number of alkyl halides is 1. The molecule has 18 heavy (non-hydrogen) atoms. The van der Waals surface area contributed by atoms with E-state index in [1.807, 2.05) is 29.2 Å². The fraction of sp³-hybridized carbons (Fsp3) is 0.154. The van der Waals surface area contributed by atoms with Crippen LogP contribution in [-0.4, -0.2) is 10.6 Å². The van der Waals surface area contributed by atoms with Gasteiger partial charge in [0.2, 0.25) is 0 Å². The first kappa shape index (κ1) is 11.6. The summed E-state index contributed by atoms with van der Waals surface area (Å²) >= 11 is 12.4. The number of benzene rings is 1. The molecule has 1 aromatic carbocycles. The van der Waals surface area contributed by atoms with Gasteiger partial charge in [-0.15, -0.1) is 0 Å². The lowest BCUT2D eigenvalue weighted by Crippen LogP contribution is -2.30. The smallest absolute Gasteiger partial charge is 0.178 e. The predicted molar refractivity (Wildman–Crippen MR) is 75.1 cm³/mol. The van der Waals surface area contributed by atoms with Crippen molar-refractivity contribution in [2.45, 2.75) is 12.2 Å². The van der Waals surface area contributed by atoms with E-state index in [1.165, 1.54) is 5.56 Å². The van der Waals surface area contributed by atoms with Gasteiger partial charge in [0.15, 0.2) is 10.8 Å². The van der Waals surface area contributed by atoms with E-state index < -0.39 is 0 Å². The van der Waals surface area contributed by atoms with E-state index in [4.69, 9.17) is 23.2 Å². The third-order valence-corrected chi connectivity index (χ3v) is 3.53. The Labute approximate surface area is 115 Å². The fourth-order valence-corrected chi connectivity index (χ4v) is 2.63. The van der Waals surface area contributed by atoms with Crippen LogP contribution in [0.25, 0.3) is 0 Å². The highest BCUT2D eigenvalue weighted by molar-refractivity contribution is 6.34. The molecule has 0 saturated heterocycles. The second kappa shape index (κ2) is 4.67. The number of anilines is 2. The molecule has 0 fully saturated rings. The van der Waals surface area contributed by atoms with Crippen molar-refractivity contribution in [3.05, 3.63) is 53.3 Å². The van der Waals surface area contributed by atoms with Crippen molar-refractivity contribution in [3.63, 3.8) is 0 Å². The molecular weight excluding hydrogens is 269 g/mol. The molecule has 0 amide bonds. The zero-order chi connectivity index (χ0) is 12.5. The third kappa shape index (κ3) is 2.00. The van der Waals surface area contributed by atoms with Gasteiger partial charge in [-0.2, -0.15) is 0 Å². The van der Waals surface area contributed by atoms with Gasteiger partial charge in [0, 0.05) is 12.7 Å². The topological polar surface area (TPSA) is 28.2 Å². The van der Waals surface area contributed by atoms with Crippen molar-refractivity contribution in [2.75, 3.05) is 10.2 Å². The second-order valence-electron chi connectivity index (χ2n) is 4.09. The van der Waals surface area contributed by atoms with Crippen molar-refractivity contribution >= 4 is 34.6 Å². The number of hydrogen-bond donors (Lipinski definition) is 1. The summed E-state index contributed by atoms with van der Waals surface area (Å²) < 4.78 is 0. The van der Waals surface area contributed by atoms with Gasteiger partial charge in [0.05, 0.1) is 5.69 Å². The minimum absolute atomic E-state index is 0.304. The lowest BCUT2D eigenvalue weighted by atomic mass is 10.2. The van der Waals surface area contributed by atoms with Crippen LogP contribution in [0, 0.1) is 0 Å². The number of aromatic nitrogens is 1. The van der Waals surface area contributed by atoms with Crippen LogP contribution < -0.4 is 10.2 Å². The maximum absolute atomic E-state index is 6.29. The molecule has 1 N–H and O–H groups in total. The highest BCUT2D eigenvalue weighted by atomic mass is 35.5. The first-order valence-electron chi connectivity index (χ1n) is 5.61. The SMILES string of the molecule is Clc1nccc2c1N(Cc1ccccc1)C(Cl)N2. The van der Waals surface area contributed by atoms with E-state index in [0.29, 0.717) is 11.7 Å². The molecular formula is C13H11Cl2N3. The summed E-state index contributed by atoms with van der Waals surface area (Å²) in [5.74, 6) is 0. The molecule has 2 heterocycles. The molecule has 1 unspecified atom stereocenters. The molecule has 3 rings (SSSR count). The van der Waals surface area contributed by atoms with E-state index in [1.54, 1.807) is 6.20 Å². The van der Waals surface area contributed by atoms with Crippen LogP contribution in [0.2, 0.25) is 5.15 Å². The minimum atomic E-state index is -0.304. The van der Waals surface area contributed by atoms with E-state index >= 15 is 0 Å². The number of halogens is 2. The van der Waals surface area contributed by atoms with Crippen LogP contribution >= 0.6 is 23.2 Å². The summed E-state index contributed by atoms with van der Waals surface area (Å²) in [4.78, 5) is 6.10. The summed E-state index contributed by atoms with van der Waals surface area (Å²) in [5, 5.41) is 3.65. The highest BCUT2D eigenvalue weighted by Gasteiger charge is 2.29. The molecule has 1 aliphatic rings. The monoisotopic (exact) mass is 279 g/mol. The molecule has 2 aromatic rings. The Hall–Kier alpha value is -1.45. The molecule has 0 aliphatic carbocycles. The number of nitrogens with zero attached hydrogens (tertiary/aromatic N) is 2. The van der Waals surface area contributed by atoms with Crippen LogP contribution in [0.3, 0.4) is 0 Å². The van der Waals surface area contributed by atoms with Crippen molar-refractivity contribution in [2.24, 2.45) is 0 Å². The third-order valence-electron chi connectivity index (χ3n) is 2.91. The second-order valence-corrected chi connectivity index (χ2v) is 4.86. The summed E-state index contributed by atoms with van der Waals surface area (Å²) in [7, 11) is 0. The number of nitrogens with one attached hydrogen (secondary N) is 1. The molecule has 0 radical (unpaired) electrons. The summed E-state index contributed by atoms with van der Waals surface area (Å²) in [6.45, 7) is 0.695. The molecule has 1 aliphatic heterocycles. The average molecular weight is 280 g/mol. The Bertz CT molecular complexity index is 559. The van der Waals surface area contributed by atoms with Gasteiger partial charge in [0.1, 0.15) is 5.69 Å². The maximum atomic E-state index is 6.29. The lowest BCUT2D eigenvalue weighted by molar-refractivity contribution is 0.825. The van der Waals surface area contributed by atoms with Crippen LogP contribution in [0.1, 0.15) is 5.56 Å². The van der Waals surface area contributed by atoms with E-state index in [-0.39, 0.29) is 5.62 Å². The number of rotatable bonds is 2. The van der Waals surface area contributed by atoms with Gasteiger partial charge in [-0.1, -0.05) is 53.5 Å². The van der Waals surface area contributed by atoms with Crippen molar-refractivity contribution in [3.8, 4) is 0 Å². The predicted octanol–water partition coefficient (Wildman–Crippen LogP) is 3.69. The number of fused-ring (bicyclic) bond motifs is 1. The molecule has 1 atom stereocenters. The first-order valence-corrected chi connectivity index (χ1v) is 6.43. The Morgan fingerprint density at radius 1 is 1.22 bits per heavy atom. The van der Waals surface area contributed by atoms with Gasteiger partial charge >= 0.3 is 0 Å². The normalized spacial score (nSPS) is 17.4. The van der Waals surface area contributed by atoms with Gasteiger partial charge in [-0.25, -0.2) is 4.98 Å². The van der Waals surface area contributed by atoms with Gasteiger partial charge in [-0.05, 0) is 11.6 Å². The molecule has 5 heteroatoms. The molecule has 1 aromatic heterocycles. The van der Waals surface area contributed by atoms with E-state index in [9.17, 15) is 0 Å². The summed E-state index contributed by atoms with van der Waals surface area (Å²) in [6, 6.07) is 12.0. The van der Waals surface area contributed by atoms with Gasteiger partial charge in [0.25, 0.3) is 0 Å². The molecule has 0 spiro atoms. The highest BCUT2D eigenvalue weighted by Crippen LogP contribution is 2.40. The zero-order valence-corrected chi connectivity index (χ0v) is 11.0. The standard InChI is InChI=1S/C13H11Cl2N3/c14-12-11-10(6-7-16-12)17-13(15)18(11)8-9-4-2-1-3-5-9/h1-7,13,17H,8H2. The number of pyridine rings is 1. The zero-order valence-electron chi connectivity index (χ0n) is 9.48. The van der Waals surface area contributed by atoms with Crippen molar-refractivity contribution in [1.82, 2.24) is 4.98 Å². The lowest BCUT2D eigenvalue weighted by Gasteiger charge is -2.22.